The highest BCUT2D eigenvalue weighted by atomic mass is 32.1. The van der Waals surface area contributed by atoms with E-state index in [4.69, 9.17) is 0 Å². The number of hydrogen-bond donors (Lipinski definition) is 0. The Kier molecular flexibility index (Phi) is 13.1. The number of benzene rings is 4. The summed E-state index contributed by atoms with van der Waals surface area (Å²) >= 11 is 3.80. The summed E-state index contributed by atoms with van der Waals surface area (Å²) in [5.41, 5.74) is 10.9. The first-order valence-electron chi connectivity index (χ1n) is 22.0. The number of thiophene rings is 2. The topological polar surface area (TPSA) is 9.86 Å². The monoisotopic (exact) mass is 776 g/mol. The predicted molar refractivity (Wildman–Crippen MR) is 250 cm³/mol. The fraction of sp³-hybridized carbons (Fsp3) is 0.385. The highest BCUT2D eigenvalue weighted by Gasteiger charge is 2.22. The summed E-state index contributed by atoms with van der Waals surface area (Å²) in [7, 11) is 0. The molecule has 0 aliphatic heterocycles. The molecule has 0 saturated heterocycles. The highest BCUT2D eigenvalue weighted by molar-refractivity contribution is 7.21. The minimum Gasteiger partial charge on any atom is -0.340 e. The van der Waals surface area contributed by atoms with Gasteiger partial charge < -0.3 is 9.13 Å². The fourth-order valence-electron chi connectivity index (χ4n) is 9.32. The van der Waals surface area contributed by atoms with Crippen molar-refractivity contribution in [2.75, 3.05) is 0 Å². The summed E-state index contributed by atoms with van der Waals surface area (Å²) in [6, 6.07) is 37.0. The molecule has 4 heteroatoms. The van der Waals surface area contributed by atoms with Gasteiger partial charge >= 0.3 is 0 Å². The van der Waals surface area contributed by atoms with Gasteiger partial charge in [-0.3, -0.25) is 0 Å². The first-order valence-corrected chi connectivity index (χ1v) is 23.7. The number of para-hydroxylation sites is 4. The summed E-state index contributed by atoms with van der Waals surface area (Å²) in [6.07, 6.45) is 21.4. The van der Waals surface area contributed by atoms with Gasteiger partial charge in [-0.15, -0.1) is 22.7 Å². The van der Waals surface area contributed by atoms with E-state index in [2.05, 4.69) is 131 Å². The lowest BCUT2D eigenvalue weighted by atomic mass is 9.98. The van der Waals surface area contributed by atoms with Gasteiger partial charge in [-0.25, -0.2) is 0 Å². The molecule has 0 aliphatic carbocycles. The second-order valence-corrected chi connectivity index (χ2v) is 17.8. The van der Waals surface area contributed by atoms with Crippen LogP contribution < -0.4 is 0 Å². The van der Waals surface area contributed by atoms with Crippen LogP contribution in [0.2, 0.25) is 0 Å². The van der Waals surface area contributed by atoms with Crippen LogP contribution in [0, 0.1) is 0 Å². The minimum atomic E-state index is 1.06. The van der Waals surface area contributed by atoms with Crippen molar-refractivity contribution >= 4 is 66.3 Å². The van der Waals surface area contributed by atoms with Crippen LogP contribution in [0.25, 0.3) is 75.6 Å². The van der Waals surface area contributed by atoms with Crippen molar-refractivity contribution in [2.24, 2.45) is 0 Å². The molecule has 0 radical (unpaired) electrons. The van der Waals surface area contributed by atoms with Crippen molar-refractivity contribution in [3.8, 4) is 32.0 Å². The van der Waals surface area contributed by atoms with E-state index >= 15 is 0 Å². The molecular formula is C52H60N2S2. The summed E-state index contributed by atoms with van der Waals surface area (Å²) in [5, 5.41) is 10.1. The average molecular weight is 777 g/mol. The number of aromatic nitrogens is 2. The molecule has 0 N–H and O–H groups in total. The first-order chi connectivity index (χ1) is 27.8. The standard InChI is InChI=1S/C52H60N2S2/c1-3-5-7-9-11-13-15-21-35-53-47-31-19-17-25-39(47)41-27-23-29-43(49(41)53)45-33-37-55-51(45)52-46(34-38-56-52)44-30-24-28-42-40-26-18-20-32-48(40)54(50(42)44)36-22-16-14-12-10-8-6-4-2/h17-20,23-34,37-38H,3-16,21-22,35-36H2,1-2H3. The summed E-state index contributed by atoms with van der Waals surface area (Å²) in [4.78, 5) is 2.77. The number of rotatable bonds is 21. The maximum Gasteiger partial charge on any atom is 0.0571 e. The third kappa shape index (κ3) is 8.02. The molecule has 0 aliphatic rings. The van der Waals surface area contributed by atoms with Gasteiger partial charge in [-0.05, 0) is 47.9 Å². The second kappa shape index (κ2) is 18.9. The van der Waals surface area contributed by atoms with E-state index in [9.17, 15) is 0 Å². The van der Waals surface area contributed by atoms with Gasteiger partial charge in [0.15, 0.2) is 0 Å². The van der Waals surface area contributed by atoms with E-state index in [-0.39, 0.29) is 0 Å². The SMILES string of the molecule is CCCCCCCCCCn1c2ccccc2c2cccc(-c3ccsc3-c3sccc3-c3cccc4c5ccccc5n(CCCCCCCCCC)c34)c21. The average Bonchev–Trinajstić information content (AvgIpc) is 4.04. The van der Waals surface area contributed by atoms with Gasteiger partial charge in [0, 0.05) is 67.9 Å². The molecule has 2 nitrogen and oxygen atoms in total. The molecule has 56 heavy (non-hydrogen) atoms. The van der Waals surface area contributed by atoms with E-state index in [0.29, 0.717) is 0 Å². The van der Waals surface area contributed by atoms with E-state index in [1.54, 1.807) is 0 Å². The van der Waals surface area contributed by atoms with Crippen LogP contribution in [0.4, 0.5) is 0 Å². The normalized spacial score (nSPS) is 12.0. The van der Waals surface area contributed by atoms with E-state index in [1.807, 2.05) is 22.7 Å². The van der Waals surface area contributed by atoms with Crippen molar-refractivity contribution < 1.29 is 0 Å². The molecular weight excluding hydrogens is 717 g/mol. The highest BCUT2D eigenvalue weighted by Crippen LogP contribution is 2.49. The Morgan fingerprint density at radius 2 is 0.732 bits per heavy atom. The number of nitrogens with zero attached hydrogens (tertiary/aromatic N) is 2. The van der Waals surface area contributed by atoms with E-state index in [0.717, 1.165) is 13.1 Å². The smallest absolute Gasteiger partial charge is 0.0571 e. The van der Waals surface area contributed by atoms with Crippen molar-refractivity contribution in [1.29, 1.82) is 0 Å². The fourth-order valence-corrected chi connectivity index (χ4v) is 11.3. The third-order valence-corrected chi connectivity index (χ3v) is 14.2. The molecule has 0 atom stereocenters. The number of hydrogen-bond acceptors (Lipinski definition) is 2. The van der Waals surface area contributed by atoms with Crippen molar-refractivity contribution in [2.45, 2.75) is 130 Å². The molecule has 0 spiro atoms. The molecule has 0 saturated carbocycles. The van der Waals surface area contributed by atoms with Crippen LogP contribution in [-0.2, 0) is 13.1 Å². The van der Waals surface area contributed by atoms with Crippen LogP contribution in [0.15, 0.2) is 108 Å². The van der Waals surface area contributed by atoms with Gasteiger partial charge in [-0.1, -0.05) is 177 Å². The third-order valence-electron chi connectivity index (χ3n) is 12.2. The van der Waals surface area contributed by atoms with Crippen molar-refractivity contribution in [3.05, 3.63) is 108 Å². The van der Waals surface area contributed by atoms with Gasteiger partial charge in [0.2, 0.25) is 0 Å². The number of unbranched alkanes of at least 4 members (excludes halogenated alkanes) is 14. The lowest BCUT2D eigenvalue weighted by molar-refractivity contribution is 0.553. The molecule has 4 aromatic heterocycles. The summed E-state index contributed by atoms with van der Waals surface area (Å²) in [5.74, 6) is 0. The van der Waals surface area contributed by atoms with Gasteiger partial charge in [0.1, 0.15) is 0 Å². The van der Waals surface area contributed by atoms with Crippen LogP contribution in [0.1, 0.15) is 117 Å². The first kappa shape index (κ1) is 38.7. The molecule has 0 bridgehead atoms. The zero-order chi connectivity index (χ0) is 38.1. The number of aryl methyl sites for hydroxylation is 2. The second-order valence-electron chi connectivity index (χ2n) is 16.0. The maximum atomic E-state index is 2.65. The molecule has 290 valence electrons. The molecule has 0 amide bonds. The molecule has 0 unspecified atom stereocenters. The summed E-state index contributed by atoms with van der Waals surface area (Å²) < 4.78 is 5.30. The Morgan fingerprint density at radius 3 is 1.16 bits per heavy atom. The van der Waals surface area contributed by atoms with E-state index < -0.39 is 0 Å². The lowest BCUT2D eigenvalue weighted by Gasteiger charge is -2.14. The summed E-state index contributed by atoms with van der Waals surface area (Å²) in [6.45, 7) is 6.73. The van der Waals surface area contributed by atoms with Crippen LogP contribution >= 0.6 is 22.7 Å². The number of fused-ring (bicyclic) bond motifs is 6. The largest absolute Gasteiger partial charge is 0.340 e. The van der Waals surface area contributed by atoms with Crippen molar-refractivity contribution in [3.63, 3.8) is 0 Å². The molecule has 8 rings (SSSR count). The minimum absolute atomic E-state index is 1.06. The molecule has 0 fully saturated rings. The zero-order valence-electron chi connectivity index (χ0n) is 33.8. The quantitative estimate of drug-likeness (QED) is 0.0643. The van der Waals surface area contributed by atoms with Gasteiger partial charge in [0.25, 0.3) is 0 Å². The van der Waals surface area contributed by atoms with Gasteiger partial charge in [0.05, 0.1) is 20.8 Å². The Labute approximate surface area is 343 Å². The Morgan fingerprint density at radius 1 is 0.357 bits per heavy atom. The Bertz CT molecular complexity index is 2310. The van der Waals surface area contributed by atoms with Crippen LogP contribution in [0.5, 0.6) is 0 Å². The Hall–Kier alpha value is -4.12. The Balaban J connectivity index is 1.14. The predicted octanol–water partition coefficient (Wildman–Crippen LogP) is 17.3. The maximum absolute atomic E-state index is 2.65. The van der Waals surface area contributed by atoms with Crippen LogP contribution in [0.3, 0.4) is 0 Å². The zero-order valence-corrected chi connectivity index (χ0v) is 35.5. The van der Waals surface area contributed by atoms with E-state index in [1.165, 1.54) is 178 Å². The van der Waals surface area contributed by atoms with Crippen LogP contribution in [-0.4, -0.2) is 9.13 Å². The molecule has 4 heterocycles. The molecule has 4 aromatic carbocycles. The molecule has 8 aromatic rings. The lowest BCUT2D eigenvalue weighted by Crippen LogP contribution is -1.99. The van der Waals surface area contributed by atoms with Crippen molar-refractivity contribution in [1.82, 2.24) is 9.13 Å². The van der Waals surface area contributed by atoms with Gasteiger partial charge in [-0.2, -0.15) is 0 Å².